The molecule has 0 aliphatic carbocycles. The second kappa shape index (κ2) is 32.0. The van der Waals surface area contributed by atoms with Crippen LogP contribution in [0.5, 0.6) is 0 Å². The number of guanidine groups is 1. The smallest absolute Gasteiger partial charge is 0.328 e. The predicted molar refractivity (Wildman–Crippen MR) is 250 cm³/mol. The Morgan fingerprint density at radius 3 is 1.56 bits per heavy atom. The number of amides is 8. The number of nitrogens with two attached hydrogens (primary N) is 3. The van der Waals surface area contributed by atoms with Gasteiger partial charge in [0.25, 0.3) is 0 Å². The summed E-state index contributed by atoms with van der Waals surface area (Å²) < 4.78 is 0. The number of nitrogens with one attached hydrogen (secondary N) is 8. The predicted octanol–water partition coefficient (Wildman–Crippen LogP) is -4.69. The molecule has 8 amide bonds. The fourth-order valence-corrected chi connectivity index (χ4v) is 6.67. The molecule has 18 N–H and O–H groups in total. The highest BCUT2D eigenvalue weighted by atomic mass is 32.2. The normalized spacial score (nSPS) is 15.1. The maximum atomic E-state index is 13.7. The molecule has 9 atom stereocenters. The van der Waals surface area contributed by atoms with Crippen molar-refractivity contribution in [1.29, 1.82) is 0 Å². The second-order valence-corrected chi connectivity index (χ2v) is 18.2. The first-order valence-corrected chi connectivity index (χ1v) is 23.5. The number of hydrogen-bond acceptors (Lipinski definition) is 15. The van der Waals surface area contributed by atoms with E-state index in [2.05, 4.69) is 42.2 Å². The first-order valence-electron chi connectivity index (χ1n) is 22.1. The number of aliphatic carboxylic acids is 2. The van der Waals surface area contributed by atoms with Crippen LogP contribution in [0, 0.1) is 17.8 Å². The van der Waals surface area contributed by atoms with Crippen molar-refractivity contribution in [2.75, 3.05) is 31.7 Å². The quantitative estimate of drug-likeness (QED) is 0.0167. The minimum absolute atomic E-state index is 0.0271. The van der Waals surface area contributed by atoms with E-state index in [4.69, 9.17) is 17.2 Å². The second-order valence-electron chi connectivity index (χ2n) is 17.3. The van der Waals surface area contributed by atoms with Gasteiger partial charge in [0.1, 0.15) is 36.3 Å². The Balaban J connectivity index is 6.02. The van der Waals surface area contributed by atoms with E-state index >= 15 is 0 Å². The Hall–Kier alpha value is -5.80. The van der Waals surface area contributed by atoms with E-state index in [0.29, 0.717) is 12.2 Å². The summed E-state index contributed by atoms with van der Waals surface area (Å²) in [4.78, 5) is 133. The number of carbonyl (C=O) groups excluding carboxylic acids is 8. The van der Waals surface area contributed by atoms with E-state index in [-0.39, 0.29) is 50.0 Å². The van der Waals surface area contributed by atoms with Gasteiger partial charge in [-0.2, -0.15) is 11.8 Å². The van der Waals surface area contributed by atoms with Crippen LogP contribution in [0.2, 0.25) is 0 Å². The average molecular weight is 991 g/mol. The molecule has 0 rings (SSSR count). The molecule has 0 aromatic heterocycles. The highest BCUT2D eigenvalue weighted by molar-refractivity contribution is 7.98. The van der Waals surface area contributed by atoms with Crippen LogP contribution in [0.15, 0.2) is 4.99 Å². The van der Waals surface area contributed by atoms with Crippen molar-refractivity contribution in [3.05, 3.63) is 0 Å². The summed E-state index contributed by atoms with van der Waals surface area (Å²) >= 11 is 1.49. The SMILES string of the molecule is CSCC[C@H](N)C(=O)N[C@@H](CCCN=C(N)N)C(=O)N[C@@H](CC(C)C)C(=O)NCC(=O)N[C@@H](CO)C(=O)N[C@@H](CC(C)C)C(=O)N[C@H](C(=O)N[C@@H](CC(=O)O)C(=O)N[C@H](C(=O)O)[C@@H](C)O)C(C)C. The van der Waals surface area contributed by atoms with Crippen molar-refractivity contribution in [2.24, 2.45) is 39.9 Å². The number of nitrogens with zero attached hydrogens (tertiary/aromatic N) is 1. The average Bonchev–Trinajstić information content (AvgIpc) is 3.23. The molecule has 0 aliphatic heterocycles. The van der Waals surface area contributed by atoms with Gasteiger partial charge >= 0.3 is 11.9 Å². The summed E-state index contributed by atoms with van der Waals surface area (Å²) in [5, 5.41) is 57.6. The zero-order valence-corrected chi connectivity index (χ0v) is 40.8. The number of aliphatic hydroxyl groups excluding tert-OH is 2. The Bertz CT molecular complexity index is 1750. The molecule has 27 heteroatoms. The molecular weight excluding hydrogens is 917 g/mol. The molecule has 388 valence electrons. The number of thioether (sulfide) groups is 1. The molecule has 68 heavy (non-hydrogen) atoms. The van der Waals surface area contributed by atoms with Crippen LogP contribution in [0.4, 0.5) is 0 Å². The molecular formula is C41H74N12O14S. The van der Waals surface area contributed by atoms with Crippen molar-refractivity contribution < 1.29 is 68.4 Å². The number of carboxylic acid groups (broad SMARTS) is 2. The van der Waals surface area contributed by atoms with E-state index in [1.807, 2.05) is 11.6 Å². The number of hydrogen-bond donors (Lipinski definition) is 15. The Labute approximate surface area is 400 Å². The highest BCUT2D eigenvalue weighted by Crippen LogP contribution is 2.11. The lowest BCUT2D eigenvalue weighted by molar-refractivity contribution is -0.146. The van der Waals surface area contributed by atoms with Gasteiger partial charge in [0.05, 0.1) is 31.7 Å². The van der Waals surface area contributed by atoms with Gasteiger partial charge in [-0.25, -0.2) is 4.79 Å². The number of rotatable bonds is 33. The van der Waals surface area contributed by atoms with Crippen LogP contribution in [-0.2, 0) is 47.9 Å². The van der Waals surface area contributed by atoms with E-state index in [9.17, 15) is 68.4 Å². The van der Waals surface area contributed by atoms with E-state index < -0.39 is 139 Å². The topological polar surface area (TPSA) is 438 Å². The molecule has 0 radical (unpaired) electrons. The fraction of sp³-hybridized carbons (Fsp3) is 0.732. The van der Waals surface area contributed by atoms with Crippen molar-refractivity contribution in [1.82, 2.24) is 42.5 Å². The minimum Gasteiger partial charge on any atom is -0.481 e. The van der Waals surface area contributed by atoms with Gasteiger partial charge in [0.2, 0.25) is 47.3 Å². The molecule has 0 aromatic carbocycles. The van der Waals surface area contributed by atoms with Gasteiger partial charge in [-0.1, -0.05) is 41.5 Å². The third-order valence-electron chi connectivity index (χ3n) is 9.79. The lowest BCUT2D eigenvalue weighted by Gasteiger charge is -2.28. The number of carbonyl (C=O) groups is 10. The first kappa shape index (κ1) is 62.2. The van der Waals surface area contributed by atoms with Gasteiger partial charge < -0.3 is 80.2 Å². The molecule has 0 spiro atoms. The molecule has 0 aliphatic rings. The third-order valence-corrected chi connectivity index (χ3v) is 10.4. The highest BCUT2D eigenvalue weighted by Gasteiger charge is 2.36. The standard InChI is InChI=1S/C41H74N12O14S/c1-19(2)14-25(49-35(61)24(10-9-12-45-41(43)44)48-33(59)23(42)11-13-68-8)34(60)46-17-29(56)47-28(18-54)38(64)50-26(15-20(3)4)36(62)52-31(21(5)6)39(65)51-27(16-30(57)58)37(63)53-32(22(7)55)40(66)67/h19-28,31-32,54-55H,9-18,42H2,1-8H3,(H,46,60)(H,47,56)(H,48,59)(H,49,61)(H,50,64)(H,51,65)(H,52,62)(H,53,63)(H,57,58)(H,66,67)(H4,43,44,45)/t22-,23+,24+,25+,26+,27+,28+,31+,32+/m1/s1. The summed E-state index contributed by atoms with van der Waals surface area (Å²) in [7, 11) is 0. The third kappa shape index (κ3) is 24.8. The molecule has 0 heterocycles. The summed E-state index contributed by atoms with van der Waals surface area (Å²) in [6.45, 7) is 9.54. The number of aliphatic imine (C=N–C) groups is 1. The van der Waals surface area contributed by atoms with Crippen LogP contribution in [0.3, 0.4) is 0 Å². The lowest BCUT2D eigenvalue weighted by atomic mass is 9.99. The Kier molecular flexibility index (Phi) is 29.3. The van der Waals surface area contributed by atoms with Crippen LogP contribution < -0.4 is 59.7 Å². The van der Waals surface area contributed by atoms with Crippen molar-refractivity contribution in [2.45, 2.75) is 141 Å². The maximum absolute atomic E-state index is 13.7. The van der Waals surface area contributed by atoms with Crippen LogP contribution in [0.1, 0.15) is 87.0 Å². The first-order chi connectivity index (χ1) is 31.6. The molecule has 0 bridgehead atoms. The Morgan fingerprint density at radius 1 is 0.603 bits per heavy atom. The van der Waals surface area contributed by atoms with E-state index in [1.165, 1.54) is 25.6 Å². The van der Waals surface area contributed by atoms with Gasteiger partial charge in [-0.3, -0.25) is 48.1 Å². The number of aliphatic hydroxyl groups is 2. The fourth-order valence-electron chi connectivity index (χ4n) is 6.18. The summed E-state index contributed by atoms with van der Waals surface area (Å²) in [5.41, 5.74) is 16.8. The molecule has 0 saturated carbocycles. The van der Waals surface area contributed by atoms with E-state index in [1.54, 1.807) is 27.7 Å². The van der Waals surface area contributed by atoms with Crippen molar-refractivity contribution >= 4 is 76.9 Å². The maximum Gasteiger partial charge on any atom is 0.328 e. The molecule has 0 fully saturated rings. The number of carboxylic acids is 2. The molecule has 0 saturated heterocycles. The van der Waals surface area contributed by atoms with Gasteiger partial charge in [-0.15, -0.1) is 0 Å². The Morgan fingerprint density at radius 2 is 1.09 bits per heavy atom. The van der Waals surface area contributed by atoms with Crippen molar-refractivity contribution in [3.63, 3.8) is 0 Å². The summed E-state index contributed by atoms with van der Waals surface area (Å²) in [6, 6.07) is -11.4. The summed E-state index contributed by atoms with van der Waals surface area (Å²) in [6.07, 6.45) is 0.0455. The van der Waals surface area contributed by atoms with Crippen LogP contribution >= 0.6 is 11.8 Å². The van der Waals surface area contributed by atoms with Crippen molar-refractivity contribution in [3.8, 4) is 0 Å². The minimum atomic E-state index is -1.84. The molecule has 0 unspecified atom stereocenters. The molecule has 26 nitrogen and oxygen atoms in total. The van der Waals surface area contributed by atoms with Gasteiger partial charge in [-0.05, 0) is 68.8 Å². The van der Waals surface area contributed by atoms with Gasteiger partial charge in [0, 0.05) is 6.54 Å². The van der Waals surface area contributed by atoms with E-state index in [0.717, 1.165) is 6.92 Å². The lowest BCUT2D eigenvalue weighted by Crippen LogP contribution is -2.61. The van der Waals surface area contributed by atoms with Gasteiger partial charge in [0.15, 0.2) is 12.0 Å². The largest absolute Gasteiger partial charge is 0.481 e. The monoisotopic (exact) mass is 991 g/mol. The zero-order chi connectivity index (χ0) is 52.4. The molecule has 0 aromatic rings. The van der Waals surface area contributed by atoms with Crippen LogP contribution in [-0.4, -0.2) is 172 Å². The summed E-state index contributed by atoms with van der Waals surface area (Å²) in [5.74, 6) is -11.1. The van der Waals surface area contributed by atoms with Crippen LogP contribution in [0.25, 0.3) is 0 Å². The zero-order valence-electron chi connectivity index (χ0n) is 40.0.